The van der Waals surface area contributed by atoms with E-state index in [4.69, 9.17) is 4.74 Å². The molecule has 17 heavy (non-hydrogen) atoms. The van der Waals surface area contributed by atoms with Gasteiger partial charge in [-0.15, -0.1) is 0 Å². The Kier molecular flexibility index (Phi) is 12.2. The number of carbonyl (C=O) groups excluding carboxylic acids is 1. The normalized spacial score (nSPS) is 11.4. The average Bonchev–Trinajstić information content (AvgIpc) is 2.35. The predicted octanol–water partition coefficient (Wildman–Crippen LogP) is 4.41. The van der Waals surface area contributed by atoms with Gasteiger partial charge in [0, 0.05) is 6.42 Å². The van der Waals surface area contributed by atoms with Crippen molar-refractivity contribution in [2.24, 2.45) is 0 Å². The van der Waals surface area contributed by atoms with E-state index in [-0.39, 0.29) is 5.97 Å². The maximum atomic E-state index is 10.8. The first kappa shape index (κ1) is 16.0. The van der Waals surface area contributed by atoms with Crippen molar-refractivity contribution >= 4 is 5.97 Å². The van der Waals surface area contributed by atoms with E-state index in [0.29, 0.717) is 13.0 Å². The molecule has 0 bridgehead atoms. The van der Waals surface area contributed by atoms with E-state index in [9.17, 15) is 4.79 Å². The topological polar surface area (TPSA) is 26.3 Å². The minimum absolute atomic E-state index is 0.0978. The maximum Gasteiger partial charge on any atom is 0.305 e. The van der Waals surface area contributed by atoms with E-state index in [1.807, 2.05) is 6.92 Å². The van der Waals surface area contributed by atoms with Crippen LogP contribution in [0.5, 0.6) is 0 Å². The quantitative estimate of drug-likeness (QED) is 0.320. The van der Waals surface area contributed by atoms with Crippen LogP contribution in [0.15, 0.2) is 24.3 Å². The molecule has 2 heteroatoms. The average molecular weight is 238 g/mol. The van der Waals surface area contributed by atoms with Crippen LogP contribution < -0.4 is 0 Å². The Bertz CT molecular complexity index is 229. The van der Waals surface area contributed by atoms with Crippen molar-refractivity contribution in [2.75, 3.05) is 6.61 Å². The molecule has 0 heterocycles. The number of esters is 1. The number of carbonyl (C=O) groups is 1. The number of hydrogen-bond acceptors (Lipinski definition) is 2. The molecule has 0 aromatic heterocycles. The molecule has 0 N–H and O–H groups in total. The number of rotatable bonds is 10. The first-order chi connectivity index (χ1) is 8.31. The minimum atomic E-state index is -0.0978. The van der Waals surface area contributed by atoms with Crippen molar-refractivity contribution in [3.05, 3.63) is 24.3 Å². The molecule has 0 unspecified atom stereocenters. The summed E-state index contributed by atoms with van der Waals surface area (Å²) in [7, 11) is 0. The van der Waals surface area contributed by atoms with Crippen LogP contribution in [-0.2, 0) is 9.53 Å². The van der Waals surface area contributed by atoms with Crippen molar-refractivity contribution in [2.45, 2.75) is 58.8 Å². The Morgan fingerprint density at radius 2 is 1.65 bits per heavy atom. The monoisotopic (exact) mass is 238 g/mol. The molecule has 0 spiro atoms. The standard InChI is InChI=1S/C15H26O2/c1-3-5-6-7-8-9-10-11-12-13-14-17-15(16)4-2/h7-10H,3-6,11-14H2,1-2H3. The lowest BCUT2D eigenvalue weighted by Gasteiger charge is -2.00. The second-order valence-electron chi connectivity index (χ2n) is 4.07. The lowest BCUT2D eigenvalue weighted by Crippen LogP contribution is -2.03. The van der Waals surface area contributed by atoms with Gasteiger partial charge in [0.2, 0.25) is 0 Å². The summed E-state index contributed by atoms with van der Waals surface area (Å²) in [4.78, 5) is 10.8. The summed E-state index contributed by atoms with van der Waals surface area (Å²) in [6, 6.07) is 0. The zero-order valence-electron chi connectivity index (χ0n) is 11.3. The van der Waals surface area contributed by atoms with Crippen molar-refractivity contribution in [3.8, 4) is 0 Å². The molecule has 0 radical (unpaired) electrons. The van der Waals surface area contributed by atoms with Crippen LogP contribution in [0.2, 0.25) is 0 Å². The molecule has 0 aliphatic heterocycles. The van der Waals surface area contributed by atoms with Gasteiger partial charge in [-0.3, -0.25) is 4.79 Å². The zero-order valence-corrected chi connectivity index (χ0v) is 11.3. The van der Waals surface area contributed by atoms with Crippen molar-refractivity contribution < 1.29 is 9.53 Å². The summed E-state index contributed by atoms with van der Waals surface area (Å²) in [5.74, 6) is -0.0978. The number of allylic oxidation sites excluding steroid dienone is 4. The number of unbranched alkanes of at least 4 members (excludes halogenated alkanes) is 4. The third kappa shape index (κ3) is 12.9. The van der Waals surface area contributed by atoms with Crippen LogP contribution in [0.25, 0.3) is 0 Å². The molecule has 0 saturated carbocycles. The van der Waals surface area contributed by atoms with Crippen molar-refractivity contribution in [1.29, 1.82) is 0 Å². The van der Waals surface area contributed by atoms with E-state index >= 15 is 0 Å². The van der Waals surface area contributed by atoms with Gasteiger partial charge in [0.15, 0.2) is 0 Å². The summed E-state index contributed by atoms with van der Waals surface area (Å²) < 4.78 is 4.99. The minimum Gasteiger partial charge on any atom is -0.466 e. The Morgan fingerprint density at radius 3 is 2.24 bits per heavy atom. The van der Waals surface area contributed by atoms with Crippen molar-refractivity contribution in [3.63, 3.8) is 0 Å². The fraction of sp³-hybridized carbons (Fsp3) is 0.667. The Hall–Kier alpha value is -1.05. The van der Waals surface area contributed by atoms with Gasteiger partial charge >= 0.3 is 5.97 Å². The Labute approximate surface area is 106 Å². The van der Waals surface area contributed by atoms with Crippen LogP contribution in [0, 0.1) is 0 Å². The Balaban J connectivity index is 3.24. The van der Waals surface area contributed by atoms with E-state index < -0.39 is 0 Å². The van der Waals surface area contributed by atoms with E-state index in [1.165, 1.54) is 19.3 Å². The molecule has 0 saturated heterocycles. The molecule has 0 rings (SSSR count). The highest BCUT2D eigenvalue weighted by atomic mass is 16.5. The molecule has 0 aromatic carbocycles. The summed E-state index contributed by atoms with van der Waals surface area (Å²) in [5.41, 5.74) is 0. The van der Waals surface area contributed by atoms with Crippen LogP contribution in [-0.4, -0.2) is 12.6 Å². The molecule has 0 amide bonds. The fourth-order valence-electron chi connectivity index (χ4n) is 1.32. The largest absolute Gasteiger partial charge is 0.466 e. The third-order valence-corrected chi connectivity index (χ3v) is 2.42. The van der Waals surface area contributed by atoms with Gasteiger partial charge in [0.05, 0.1) is 6.61 Å². The van der Waals surface area contributed by atoms with Gasteiger partial charge in [-0.05, 0) is 25.7 Å². The van der Waals surface area contributed by atoms with Crippen LogP contribution in [0.3, 0.4) is 0 Å². The highest BCUT2D eigenvalue weighted by molar-refractivity contribution is 5.68. The van der Waals surface area contributed by atoms with E-state index in [1.54, 1.807) is 0 Å². The summed E-state index contributed by atoms with van der Waals surface area (Å²) in [6.45, 7) is 4.58. The second-order valence-corrected chi connectivity index (χ2v) is 4.07. The van der Waals surface area contributed by atoms with Gasteiger partial charge in [0.1, 0.15) is 0 Å². The van der Waals surface area contributed by atoms with Crippen LogP contribution >= 0.6 is 0 Å². The highest BCUT2D eigenvalue weighted by Crippen LogP contribution is 1.99. The smallest absolute Gasteiger partial charge is 0.305 e. The predicted molar refractivity (Wildman–Crippen MR) is 72.9 cm³/mol. The van der Waals surface area contributed by atoms with Gasteiger partial charge in [-0.1, -0.05) is 51.0 Å². The van der Waals surface area contributed by atoms with Crippen molar-refractivity contribution in [1.82, 2.24) is 0 Å². The van der Waals surface area contributed by atoms with Gasteiger partial charge in [-0.25, -0.2) is 0 Å². The molecular weight excluding hydrogens is 212 g/mol. The summed E-state index contributed by atoms with van der Waals surface area (Å²) in [5, 5.41) is 0. The molecule has 2 nitrogen and oxygen atoms in total. The molecule has 0 aliphatic rings. The molecule has 98 valence electrons. The first-order valence-corrected chi connectivity index (χ1v) is 6.78. The van der Waals surface area contributed by atoms with Crippen LogP contribution in [0.1, 0.15) is 58.8 Å². The molecule has 0 aliphatic carbocycles. The van der Waals surface area contributed by atoms with Crippen LogP contribution in [0.4, 0.5) is 0 Å². The third-order valence-electron chi connectivity index (χ3n) is 2.42. The SMILES string of the molecule is CCCCC=CC=CCCCCOC(=O)CC. The van der Waals surface area contributed by atoms with Gasteiger partial charge in [0.25, 0.3) is 0 Å². The fourth-order valence-corrected chi connectivity index (χ4v) is 1.32. The number of hydrogen-bond donors (Lipinski definition) is 0. The number of ether oxygens (including phenoxy) is 1. The first-order valence-electron chi connectivity index (χ1n) is 6.78. The van der Waals surface area contributed by atoms with E-state index in [0.717, 1.165) is 19.3 Å². The summed E-state index contributed by atoms with van der Waals surface area (Å²) in [6.07, 6.45) is 15.9. The Morgan fingerprint density at radius 1 is 1.00 bits per heavy atom. The summed E-state index contributed by atoms with van der Waals surface area (Å²) >= 11 is 0. The molecule has 0 atom stereocenters. The van der Waals surface area contributed by atoms with E-state index in [2.05, 4.69) is 31.2 Å². The molecule has 0 aromatic rings. The lowest BCUT2D eigenvalue weighted by molar-refractivity contribution is -0.143. The second kappa shape index (κ2) is 13.0. The van der Waals surface area contributed by atoms with Gasteiger partial charge in [-0.2, -0.15) is 0 Å². The highest BCUT2D eigenvalue weighted by Gasteiger charge is 1.95. The van der Waals surface area contributed by atoms with Gasteiger partial charge < -0.3 is 4.74 Å². The molecular formula is C15H26O2. The molecule has 0 fully saturated rings. The zero-order chi connectivity index (χ0) is 12.8. The maximum absolute atomic E-state index is 10.8. The lowest BCUT2D eigenvalue weighted by atomic mass is 10.2.